The molecule has 0 amide bonds. The first kappa shape index (κ1) is 36.5. The van der Waals surface area contributed by atoms with Gasteiger partial charge in [-0.15, -0.1) is 0 Å². The van der Waals surface area contributed by atoms with E-state index < -0.39 is 53.9 Å². The lowest BCUT2D eigenvalue weighted by Gasteiger charge is -2.32. The molecule has 3 saturated heterocycles. The molecule has 2 aromatic carbocycles. The molecule has 3 aromatic rings. The maximum atomic E-state index is 13.6. The predicted molar refractivity (Wildman–Crippen MR) is 194 cm³/mol. The summed E-state index contributed by atoms with van der Waals surface area (Å²) in [4.78, 5) is 27.5. The van der Waals surface area contributed by atoms with E-state index in [0.29, 0.717) is 12.0 Å². The van der Waals surface area contributed by atoms with Crippen molar-refractivity contribution in [1.82, 2.24) is 14.2 Å². The van der Waals surface area contributed by atoms with E-state index in [1.165, 1.54) is 21.1 Å². The highest BCUT2D eigenvalue weighted by Crippen LogP contribution is 2.59. The van der Waals surface area contributed by atoms with Crippen LogP contribution in [-0.2, 0) is 27.4 Å². The van der Waals surface area contributed by atoms with Crippen LogP contribution in [0, 0.1) is 12.8 Å². The molecule has 14 heteroatoms. The van der Waals surface area contributed by atoms with Crippen molar-refractivity contribution in [2.75, 3.05) is 25.9 Å². The Hall–Kier alpha value is -2.24. The van der Waals surface area contributed by atoms with Crippen LogP contribution < -0.4 is 21.6 Å². The first-order valence-electron chi connectivity index (χ1n) is 17.4. The lowest BCUT2D eigenvalue weighted by Crippen LogP contribution is -2.58. The number of nitrogens with zero attached hydrogens (tertiary/aromatic N) is 2. The summed E-state index contributed by atoms with van der Waals surface area (Å²) in [7, 11) is -7.03. The van der Waals surface area contributed by atoms with Gasteiger partial charge in [-0.1, -0.05) is 84.5 Å². The third kappa shape index (κ3) is 7.83. The SMILES string of the molecule is CCOP(=O)(C[C@@H](C)[C@H]1O[C@@H](n2cc(C)c(=O)[nH]c2=O)CC1O[P@]1O[C@@H](C[Si](C)(c2ccccc2)c2ccccc2)[C@H]2CCCN21)OCC. The average Bonchev–Trinajstić information content (AvgIpc) is 3.81. The molecule has 7 atom stereocenters. The Kier molecular flexibility index (Phi) is 11.6. The van der Waals surface area contributed by atoms with E-state index in [2.05, 4.69) is 76.9 Å². The summed E-state index contributed by atoms with van der Waals surface area (Å²) in [6.45, 7) is 11.0. The molecule has 11 nitrogen and oxygen atoms in total. The number of benzene rings is 2. The molecule has 1 unspecified atom stereocenters. The minimum Gasteiger partial charge on any atom is -0.352 e. The van der Waals surface area contributed by atoms with Crippen molar-refractivity contribution >= 4 is 34.6 Å². The van der Waals surface area contributed by atoms with Gasteiger partial charge in [-0.05, 0) is 45.6 Å². The smallest absolute Gasteiger partial charge is 0.331 e. The number of rotatable bonds is 14. The molecule has 6 rings (SSSR count). The Morgan fingerprint density at radius 2 is 1.67 bits per heavy atom. The Balaban J connectivity index is 1.27. The largest absolute Gasteiger partial charge is 0.352 e. The predicted octanol–water partition coefficient (Wildman–Crippen LogP) is 5.40. The molecule has 0 aliphatic carbocycles. The topological polar surface area (TPSA) is 121 Å². The first-order chi connectivity index (χ1) is 23.5. The highest BCUT2D eigenvalue weighted by molar-refractivity contribution is 7.53. The monoisotopic (exact) mass is 729 g/mol. The van der Waals surface area contributed by atoms with Gasteiger partial charge in [0.2, 0.25) is 0 Å². The summed E-state index contributed by atoms with van der Waals surface area (Å²) in [5.74, 6) is -0.298. The zero-order chi connectivity index (χ0) is 34.8. The van der Waals surface area contributed by atoms with Gasteiger partial charge in [0.15, 0.2) is 0 Å². The molecule has 3 aliphatic heterocycles. The lowest BCUT2D eigenvalue weighted by atomic mass is 10.0. The second kappa shape index (κ2) is 15.6. The van der Waals surface area contributed by atoms with Gasteiger partial charge in [0, 0.05) is 30.8 Å². The highest BCUT2D eigenvalue weighted by Gasteiger charge is 2.52. The quantitative estimate of drug-likeness (QED) is 0.172. The van der Waals surface area contributed by atoms with E-state index in [9.17, 15) is 14.2 Å². The number of aromatic nitrogens is 2. The van der Waals surface area contributed by atoms with Crippen LogP contribution in [0.25, 0.3) is 0 Å². The van der Waals surface area contributed by atoms with E-state index in [-0.39, 0.29) is 37.4 Å². The molecule has 4 heterocycles. The van der Waals surface area contributed by atoms with Crippen LogP contribution in [0.1, 0.15) is 51.8 Å². The fraction of sp³-hybridized carbons (Fsp3) is 0.543. The Morgan fingerprint density at radius 1 is 1.04 bits per heavy atom. The summed E-state index contributed by atoms with van der Waals surface area (Å²) in [6, 6.07) is 22.8. The minimum atomic E-state index is -3.40. The fourth-order valence-corrected chi connectivity index (χ4v) is 15.6. The van der Waals surface area contributed by atoms with Crippen molar-refractivity contribution < 1.29 is 27.4 Å². The van der Waals surface area contributed by atoms with Crippen LogP contribution in [0.15, 0.2) is 76.4 Å². The highest BCUT2D eigenvalue weighted by atomic mass is 31.2. The number of hydrogen-bond acceptors (Lipinski definition) is 9. The average molecular weight is 730 g/mol. The van der Waals surface area contributed by atoms with E-state index in [1.807, 2.05) is 6.92 Å². The molecule has 0 bridgehead atoms. The van der Waals surface area contributed by atoms with Gasteiger partial charge >= 0.3 is 13.3 Å². The van der Waals surface area contributed by atoms with E-state index in [0.717, 1.165) is 25.4 Å². The fourth-order valence-electron chi connectivity index (χ4n) is 7.63. The van der Waals surface area contributed by atoms with E-state index >= 15 is 0 Å². The zero-order valence-corrected chi connectivity index (χ0v) is 31.8. The standard InChI is InChI=1S/C35H49N3O8P2Si/c1-6-42-48(41,43-7-2)23-26(4)33-30(21-32(44-33)37-22-25(3)34(39)36-35(37)40)45-47-38-20-14-19-29(38)31(46-47)24-49(5,27-15-10-8-11-16-27)28-17-12-9-13-18-28/h8-13,15-18,22,26,29-33H,6-7,14,19-21,23-24H2,1-5H3,(H,36,39,40)/t26-,29-,30?,31+,32-,33-,47-/m1/s1. The van der Waals surface area contributed by atoms with Crippen LogP contribution in [0.3, 0.4) is 0 Å². The second-order valence-corrected chi connectivity index (χ2v) is 21.3. The zero-order valence-electron chi connectivity index (χ0n) is 29.0. The summed E-state index contributed by atoms with van der Waals surface area (Å²) < 4.78 is 49.2. The summed E-state index contributed by atoms with van der Waals surface area (Å²) in [5, 5.41) is 2.75. The Morgan fingerprint density at radius 3 is 2.29 bits per heavy atom. The van der Waals surface area contributed by atoms with Crippen LogP contribution in [0.2, 0.25) is 12.6 Å². The first-order valence-corrected chi connectivity index (χ1v) is 23.0. The van der Waals surface area contributed by atoms with Crippen LogP contribution in [0.5, 0.6) is 0 Å². The third-order valence-electron chi connectivity index (χ3n) is 10.1. The minimum absolute atomic E-state index is 0.000255. The van der Waals surface area contributed by atoms with Crippen molar-refractivity contribution in [3.63, 3.8) is 0 Å². The van der Waals surface area contributed by atoms with Crippen LogP contribution >= 0.6 is 16.1 Å². The molecular weight excluding hydrogens is 680 g/mol. The van der Waals surface area contributed by atoms with Crippen molar-refractivity contribution in [2.45, 2.75) is 90.1 Å². The van der Waals surface area contributed by atoms with Gasteiger partial charge < -0.3 is 22.8 Å². The van der Waals surface area contributed by atoms with Crippen molar-refractivity contribution in [3.05, 3.63) is 93.3 Å². The van der Waals surface area contributed by atoms with Crippen molar-refractivity contribution in [3.8, 4) is 0 Å². The van der Waals surface area contributed by atoms with Gasteiger partial charge in [0.1, 0.15) is 14.3 Å². The number of hydrogen-bond donors (Lipinski definition) is 1. The van der Waals surface area contributed by atoms with Gasteiger partial charge in [0.05, 0.1) is 37.7 Å². The Labute approximate surface area is 290 Å². The van der Waals surface area contributed by atoms with Crippen LogP contribution in [-0.4, -0.2) is 72.6 Å². The normalized spacial score (nSPS) is 26.6. The van der Waals surface area contributed by atoms with Crippen LogP contribution in [0.4, 0.5) is 0 Å². The van der Waals surface area contributed by atoms with Crippen molar-refractivity contribution in [1.29, 1.82) is 0 Å². The number of ether oxygens (including phenoxy) is 1. The Bertz CT molecular complexity index is 1680. The van der Waals surface area contributed by atoms with E-state index in [4.69, 9.17) is 22.8 Å². The number of H-pyrrole nitrogens is 1. The molecule has 266 valence electrons. The molecule has 0 saturated carbocycles. The third-order valence-corrected chi connectivity index (χ3v) is 18.7. The van der Waals surface area contributed by atoms with E-state index in [1.54, 1.807) is 20.8 Å². The molecule has 1 aromatic heterocycles. The van der Waals surface area contributed by atoms with Gasteiger partial charge in [0.25, 0.3) is 14.1 Å². The summed E-state index contributed by atoms with van der Waals surface area (Å²) in [5.41, 5.74) is -0.568. The maximum absolute atomic E-state index is 13.6. The maximum Gasteiger partial charge on any atom is 0.331 e. The number of aromatic amines is 1. The molecule has 3 fully saturated rings. The van der Waals surface area contributed by atoms with Gasteiger partial charge in [-0.2, -0.15) is 0 Å². The molecule has 1 N–H and O–H groups in total. The molecular formula is C35H49N3O8P2Si. The van der Waals surface area contributed by atoms with Gasteiger partial charge in [-0.25, -0.2) is 9.46 Å². The summed E-state index contributed by atoms with van der Waals surface area (Å²) in [6.07, 6.45) is 2.47. The number of fused-ring (bicyclic) bond motifs is 1. The molecule has 0 spiro atoms. The molecule has 49 heavy (non-hydrogen) atoms. The lowest BCUT2D eigenvalue weighted by molar-refractivity contribution is -0.0403. The van der Waals surface area contributed by atoms with Gasteiger partial charge in [-0.3, -0.25) is 18.9 Å². The number of nitrogens with one attached hydrogen (secondary N) is 1. The second-order valence-electron chi connectivity index (χ2n) is 13.5. The summed E-state index contributed by atoms with van der Waals surface area (Å²) >= 11 is 0. The molecule has 3 aliphatic rings. The molecule has 0 radical (unpaired) electrons. The van der Waals surface area contributed by atoms with Crippen molar-refractivity contribution in [2.24, 2.45) is 5.92 Å². The number of aryl methyl sites for hydroxylation is 1.